The van der Waals surface area contributed by atoms with Gasteiger partial charge in [-0.15, -0.1) is 0 Å². The fraction of sp³-hybridized carbons (Fsp3) is 0.500. The van der Waals surface area contributed by atoms with E-state index >= 15 is 0 Å². The Morgan fingerprint density at radius 2 is 1.50 bits per heavy atom. The summed E-state index contributed by atoms with van der Waals surface area (Å²) in [5.74, 6) is 0. The highest BCUT2D eigenvalue weighted by Crippen LogP contribution is 1.84. The van der Waals surface area contributed by atoms with E-state index in [1.807, 2.05) is 20.8 Å². The van der Waals surface area contributed by atoms with Crippen LogP contribution in [-0.4, -0.2) is 9.97 Å². The van der Waals surface area contributed by atoms with Crippen LogP contribution in [0, 0.1) is 6.92 Å². The molecule has 58 valence electrons. The maximum Gasteiger partial charge on any atom is 0.115 e. The Hall–Kier alpha value is -0.920. The standard InChI is InChI=1S/C5H6N2.C2H6.CH4/c1-5-2-6-4-7-3-5;1-2;/h2-4H,1H3;1-2H3;1H4. The highest BCUT2D eigenvalue weighted by atomic mass is 14.8. The molecule has 0 atom stereocenters. The molecule has 0 aliphatic rings. The summed E-state index contributed by atoms with van der Waals surface area (Å²) in [7, 11) is 0. The summed E-state index contributed by atoms with van der Waals surface area (Å²) in [5, 5.41) is 0. The molecule has 0 aliphatic carbocycles. The van der Waals surface area contributed by atoms with E-state index in [9.17, 15) is 0 Å². The minimum absolute atomic E-state index is 0. The molecule has 2 nitrogen and oxygen atoms in total. The second-order valence-electron chi connectivity index (χ2n) is 1.42. The monoisotopic (exact) mass is 140 g/mol. The summed E-state index contributed by atoms with van der Waals surface area (Å²) in [4.78, 5) is 7.55. The predicted octanol–water partition coefficient (Wildman–Crippen LogP) is 2.45. The van der Waals surface area contributed by atoms with Crippen molar-refractivity contribution in [2.75, 3.05) is 0 Å². The predicted molar refractivity (Wildman–Crippen MR) is 44.8 cm³/mol. The molecule has 10 heavy (non-hydrogen) atoms. The van der Waals surface area contributed by atoms with Crippen molar-refractivity contribution < 1.29 is 0 Å². The molecule has 0 bridgehead atoms. The lowest BCUT2D eigenvalue weighted by Crippen LogP contribution is -1.75. The lowest BCUT2D eigenvalue weighted by Gasteiger charge is -1.81. The van der Waals surface area contributed by atoms with E-state index < -0.39 is 0 Å². The molecule has 0 unspecified atom stereocenters. The highest BCUT2D eigenvalue weighted by Gasteiger charge is 1.74. The van der Waals surface area contributed by atoms with Gasteiger partial charge in [0.15, 0.2) is 0 Å². The number of aryl methyl sites for hydroxylation is 1. The Labute approximate surface area is 63.3 Å². The first-order valence-corrected chi connectivity index (χ1v) is 3.11. The average molecular weight is 140 g/mol. The minimum Gasteiger partial charge on any atom is -0.245 e. The molecule has 1 aromatic rings. The Kier molecular flexibility index (Phi) is 9.56. The summed E-state index contributed by atoms with van der Waals surface area (Å²) in [6.07, 6.45) is 5.06. The SMILES string of the molecule is C.CC.Cc1cncnc1. The summed E-state index contributed by atoms with van der Waals surface area (Å²) in [6.45, 7) is 5.96. The summed E-state index contributed by atoms with van der Waals surface area (Å²) < 4.78 is 0. The first-order valence-electron chi connectivity index (χ1n) is 3.11. The molecular weight excluding hydrogens is 124 g/mol. The Morgan fingerprint density at radius 3 is 1.70 bits per heavy atom. The van der Waals surface area contributed by atoms with Gasteiger partial charge in [-0.25, -0.2) is 9.97 Å². The molecule has 2 heteroatoms. The number of hydrogen-bond acceptors (Lipinski definition) is 2. The van der Waals surface area contributed by atoms with E-state index in [1.54, 1.807) is 12.4 Å². The fourth-order valence-electron chi connectivity index (χ4n) is 0.374. The number of hydrogen-bond donors (Lipinski definition) is 0. The van der Waals surface area contributed by atoms with Crippen molar-refractivity contribution in [2.24, 2.45) is 0 Å². The smallest absolute Gasteiger partial charge is 0.115 e. The molecular formula is C8H16N2. The molecule has 0 saturated heterocycles. The first-order chi connectivity index (χ1) is 4.39. The summed E-state index contributed by atoms with van der Waals surface area (Å²) >= 11 is 0. The van der Waals surface area contributed by atoms with Crippen molar-refractivity contribution in [3.63, 3.8) is 0 Å². The zero-order valence-electron chi connectivity index (χ0n) is 6.13. The first kappa shape index (κ1) is 11.8. The van der Waals surface area contributed by atoms with E-state index in [0.29, 0.717) is 0 Å². The molecule has 0 aromatic carbocycles. The van der Waals surface area contributed by atoms with Crippen LogP contribution in [0.15, 0.2) is 18.7 Å². The molecule has 1 rings (SSSR count). The van der Waals surface area contributed by atoms with Gasteiger partial charge in [-0.05, 0) is 12.5 Å². The number of nitrogens with zero attached hydrogens (tertiary/aromatic N) is 2. The van der Waals surface area contributed by atoms with Gasteiger partial charge in [0.05, 0.1) is 0 Å². The topological polar surface area (TPSA) is 25.8 Å². The largest absolute Gasteiger partial charge is 0.245 e. The normalized spacial score (nSPS) is 6.70. The lowest BCUT2D eigenvalue weighted by atomic mass is 10.4. The van der Waals surface area contributed by atoms with Gasteiger partial charge in [0.25, 0.3) is 0 Å². The molecule has 0 N–H and O–H groups in total. The van der Waals surface area contributed by atoms with Crippen LogP contribution in [0.4, 0.5) is 0 Å². The van der Waals surface area contributed by atoms with Crippen LogP contribution in [0.1, 0.15) is 26.8 Å². The highest BCUT2D eigenvalue weighted by molar-refractivity contribution is 4.96. The van der Waals surface area contributed by atoms with Crippen LogP contribution < -0.4 is 0 Å². The van der Waals surface area contributed by atoms with Crippen LogP contribution in [0.2, 0.25) is 0 Å². The van der Waals surface area contributed by atoms with E-state index in [2.05, 4.69) is 9.97 Å². The van der Waals surface area contributed by atoms with Crippen LogP contribution in [-0.2, 0) is 0 Å². The van der Waals surface area contributed by atoms with Crippen LogP contribution in [0.5, 0.6) is 0 Å². The number of aromatic nitrogens is 2. The Balaban J connectivity index is 0. The van der Waals surface area contributed by atoms with Crippen molar-refractivity contribution in [3.05, 3.63) is 24.3 Å². The Bertz CT molecular complexity index is 137. The zero-order valence-corrected chi connectivity index (χ0v) is 6.13. The van der Waals surface area contributed by atoms with Gasteiger partial charge >= 0.3 is 0 Å². The second-order valence-corrected chi connectivity index (χ2v) is 1.42. The van der Waals surface area contributed by atoms with Gasteiger partial charge in [0.2, 0.25) is 0 Å². The van der Waals surface area contributed by atoms with Gasteiger partial charge in [-0.1, -0.05) is 21.3 Å². The Morgan fingerprint density at radius 1 is 1.10 bits per heavy atom. The quantitative estimate of drug-likeness (QED) is 0.553. The maximum absolute atomic E-state index is 3.77. The minimum atomic E-state index is 0. The molecule has 0 radical (unpaired) electrons. The van der Waals surface area contributed by atoms with Gasteiger partial charge in [-0.2, -0.15) is 0 Å². The van der Waals surface area contributed by atoms with Crippen molar-refractivity contribution in [2.45, 2.75) is 28.2 Å². The second kappa shape index (κ2) is 8.08. The van der Waals surface area contributed by atoms with E-state index in [4.69, 9.17) is 0 Å². The van der Waals surface area contributed by atoms with Gasteiger partial charge in [0.1, 0.15) is 6.33 Å². The van der Waals surface area contributed by atoms with Crippen molar-refractivity contribution in [3.8, 4) is 0 Å². The van der Waals surface area contributed by atoms with Crippen LogP contribution in [0.25, 0.3) is 0 Å². The molecule has 0 saturated carbocycles. The third kappa shape index (κ3) is 5.22. The van der Waals surface area contributed by atoms with E-state index in [0.717, 1.165) is 5.56 Å². The van der Waals surface area contributed by atoms with Crippen molar-refractivity contribution >= 4 is 0 Å². The van der Waals surface area contributed by atoms with Gasteiger partial charge < -0.3 is 0 Å². The van der Waals surface area contributed by atoms with Crippen LogP contribution >= 0.6 is 0 Å². The molecule has 0 fully saturated rings. The third-order valence-electron chi connectivity index (χ3n) is 0.690. The van der Waals surface area contributed by atoms with Gasteiger partial charge in [-0.3, -0.25) is 0 Å². The molecule has 1 aromatic heterocycles. The molecule has 0 spiro atoms. The lowest BCUT2D eigenvalue weighted by molar-refractivity contribution is 1.13. The molecule has 0 aliphatic heterocycles. The fourth-order valence-corrected chi connectivity index (χ4v) is 0.374. The maximum atomic E-state index is 3.77. The third-order valence-corrected chi connectivity index (χ3v) is 0.690. The van der Waals surface area contributed by atoms with Crippen molar-refractivity contribution in [1.82, 2.24) is 9.97 Å². The van der Waals surface area contributed by atoms with E-state index in [1.165, 1.54) is 6.33 Å². The van der Waals surface area contributed by atoms with Crippen molar-refractivity contribution in [1.29, 1.82) is 0 Å². The summed E-state index contributed by atoms with van der Waals surface area (Å²) in [5.41, 5.74) is 1.10. The number of rotatable bonds is 0. The zero-order chi connectivity index (χ0) is 7.11. The average Bonchev–Trinajstić information content (AvgIpc) is 1.94. The molecule has 0 amide bonds. The summed E-state index contributed by atoms with van der Waals surface area (Å²) in [6, 6.07) is 0. The van der Waals surface area contributed by atoms with Gasteiger partial charge in [0, 0.05) is 12.4 Å². The van der Waals surface area contributed by atoms with E-state index in [-0.39, 0.29) is 7.43 Å². The van der Waals surface area contributed by atoms with Crippen LogP contribution in [0.3, 0.4) is 0 Å². The molecule has 1 heterocycles.